The van der Waals surface area contributed by atoms with Crippen LogP contribution in [0.25, 0.3) is 16.9 Å². The molecular formula is C19H21N3O. The minimum absolute atomic E-state index is 0.779. The van der Waals surface area contributed by atoms with Gasteiger partial charge in [0.25, 0.3) is 0 Å². The number of hydrogen-bond donors (Lipinski definition) is 0. The second kappa shape index (κ2) is 5.61. The van der Waals surface area contributed by atoms with Gasteiger partial charge in [0.05, 0.1) is 12.8 Å². The normalized spacial score (nSPS) is 17.8. The quantitative estimate of drug-likeness (QED) is 0.736. The van der Waals surface area contributed by atoms with Crippen molar-refractivity contribution in [1.82, 2.24) is 9.38 Å². The van der Waals surface area contributed by atoms with E-state index in [1.165, 1.54) is 12.1 Å². The Bertz CT molecular complexity index is 822. The number of ether oxygens (including phenoxy) is 1. The molecule has 23 heavy (non-hydrogen) atoms. The highest BCUT2D eigenvalue weighted by molar-refractivity contribution is 5.66. The van der Waals surface area contributed by atoms with Crippen LogP contribution in [0.5, 0.6) is 5.75 Å². The van der Waals surface area contributed by atoms with E-state index in [1.807, 2.05) is 24.3 Å². The van der Waals surface area contributed by atoms with E-state index in [4.69, 9.17) is 9.72 Å². The lowest BCUT2D eigenvalue weighted by molar-refractivity contribution is 0.415. The van der Waals surface area contributed by atoms with Gasteiger partial charge >= 0.3 is 0 Å². The molecule has 0 N–H and O–H groups in total. The first kappa shape index (κ1) is 14.1. The van der Waals surface area contributed by atoms with Crippen LogP contribution in [0, 0.1) is 5.92 Å². The van der Waals surface area contributed by atoms with Crippen molar-refractivity contribution in [3.63, 3.8) is 0 Å². The largest absolute Gasteiger partial charge is 0.497 e. The number of benzene rings is 1. The number of methoxy groups -OCH3 is 1. The minimum atomic E-state index is 0.779. The highest BCUT2D eigenvalue weighted by atomic mass is 16.5. The van der Waals surface area contributed by atoms with Crippen molar-refractivity contribution in [2.45, 2.75) is 13.3 Å². The van der Waals surface area contributed by atoms with Gasteiger partial charge in [-0.2, -0.15) is 0 Å². The molecule has 0 aliphatic carbocycles. The van der Waals surface area contributed by atoms with E-state index >= 15 is 0 Å². The summed E-state index contributed by atoms with van der Waals surface area (Å²) >= 11 is 0. The van der Waals surface area contributed by atoms with Gasteiger partial charge in [0.15, 0.2) is 0 Å². The van der Waals surface area contributed by atoms with Gasteiger partial charge in [-0.1, -0.05) is 6.92 Å². The fraction of sp³-hybridized carbons (Fsp3) is 0.316. The maximum atomic E-state index is 5.21. The summed E-state index contributed by atoms with van der Waals surface area (Å²) in [5, 5.41) is 0. The van der Waals surface area contributed by atoms with Gasteiger partial charge in [0, 0.05) is 42.8 Å². The molecule has 0 unspecified atom stereocenters. The number of rotatable bonds is 3. The summed E-state index contributed by atoms with van der Waals surface area (Å²) in [5.74, 6) is 1.64. The Labute approximate surface area is 136 Å². The summed E-state index contributed by atoms with van der Waals surface area (Å²) < 4.78 is 7.30. The Balaban J connectivity index is 1.67. The van der Waals surface area contributed by atoms with Crippen molar-refractivity contribution in [1.29, 1.82) is 0 Å². The number of anilines is 1. The predicted octanol–water partition coefficient (Wildman–Crippen LogP) is 3.86. The molecule has 0 saturated carbocycles. The van der Waals surface area contributed by atoms with E-state index in [9.17, 15) is 0 Å². The highest BCUT2D eigenvalue weighted by Gasteiger charge is 2.19. The molecule has 1 atom stereocenters. The molecule has 3 heterocycles. The van der Waals surface area contributed by atoms with E-state index in [1.54, 1.807) is 7.11 Å². The molecule has 1 aliphatic heterocycles. The maximum Gasteiger partial charge on any atom is 0.139 e. The average Bonchev–Trinajstić information content (AvgIpc) is 3.20. The molecule has 2 aromatic heterocycles. The van der Waals surface area contributed by atoms with Crippen LogP contribution < -0.4 is 9.64 Å². The standard InChI is InChI=1S/C19H21N3O/c1-14-7-9-21(12-14)16-8-10-22-13-18(20-19(22)11-16)15-3-5-17(23-2)6-4-15/h3-6,8,10-11,13-14H,7,9,12H2,1-2H3/t14-/m1/s1. The highest BCUT2D eigenvalue weighted by Crippen LogP contribution is 2.26. The number of hydrogen-bond acceptors (Lipinski definition) is 3. The van der Waals surface area contributed by atoms with Crippen LogP contribution in [0.3, 0.4) is 0 Å². The Hall–Kier alpha value is -2.49. The third-order valence-electron chi connectivity index (χ3n) is 4.62. The van der Waals surface area contributed by atoms with Crippen LogP contribution in [-0.4, -0.2) is 29.6 Å². The first-order valence-corrected chi connectivity index (χ1v) is 8.11. The molecule has 1 aromatic carbocycles. The Morgan fingerprint density at radius 3 is 2.70 bits per heavy atom. The smallest absolute Gasteiger partial charge is 0.139 e. The molecule has 0 amide bonds. The van der Waals surface area contributed by atoms with Gasteiger partial charge in [0.2, 0.25) is 0 Å². The second-order valence-corrected chi connectivity index (χ2v) is 6.34. The minimum Gasteiger partial charge on any atom is -0.497 e. The fourth-order valence-electron chi connectivity index (χ4n) is 3.24. The molecule has 0 bridgehead atoms. The molecule has 118 valence electrons. The van der Waals surface area contributed by atoms with E-state index < -0.39 is 0 Å². The molecule has 4 heteroatoms. The van der Waals surface area contributed by atoms with Crippen molar-refractivity contribution in [3.8, 4) is 17.0 Å². The molecule has 1 aliphatic rings. The van der Waals surface area contributed by atoms with Gasteiger partial charge in [-0.15, -0.1) is 0 Å². The van der Waals surface area contributed by atoms with Crippen molar-refractivity contribution in [2.24, 2.45) is 5.92 Å². The molecule has 0 radical (unpaired) electrons. The van der Waals surface area contributed by atoms with Gasteiger partial charge in [-0.3, -0.25) is 0 Å². The van der Waals surface area contributed by atoms with E-state index in [-0.39, 0.29) is 0 Å². The molecule has 4 nitrogen and oxygen atoms in total. The first-order valence-electron chi connectivity index (χ1n) is 8.11. The van der Waals surface area contributed by atoms with Gasteiger partial charge < -0.3 is 14.0 Å². The van der Waals surface area contributed by atoms with Gasteiger partial charge in [0.1, 0.15) is 11.4 Å². The number of fused-ring (bicyclic) bond motifs is 1. The SMILES string of the molecule is COc1ccc(-c2cn3ccc(N4CC[C@@H](C)C4)cc3n2)cc1. The Kier molecular flexibility index (Phi) is 3.45. The van der Waals surface area contributed by atoms with Crippen molar-refractivity contribution >= 4 is 11.3 Å². The summed E-state index contributed by atoms with van der Waals surface area (Å²) in [6, 6.07) is 12.4. The van der Waals surface area contributed by atoms with Crippen molar-refractivity contribution < 1.29 is 4.74 Å². The van der Waals surface area contributed by atoms with Crippen LogP contribution in [0.2, 0.25) is 0 Å². The van der Waals surface area contributed by atoms with Gasteiger partial charge in [-0.25, -0.2) is 4.98 Å². The van der Waals surface area contributed by atoms with Crippen LogP contribution in [0.1, 0.15) is 13.3 Å². The molecule has 0 spiro atoms. The third-order valence-corrected chi connectivity index (χ3v) is 4.62. The summed E-state index contributed by atoms with van der Waals surface area (Å²) in [6.07, 6.45) is 5.46. The number of aromatic nitrogens is 2. The molecule has 1 saturated heterocycles. The fourth-order valence-corrected chi connectivity index (χ4v) is 3.24. The zero-order valence-electron chi connectivity index (χ0n) is 13.6. The molecular weight excluding hydrogens is 286 g/mol. The van der Waals surface area contributed by atoms with E-state index in [0.29, 0.717) is 0 Å². The second-order valence-electron chi connectivity index (χ2n) is 6.34. The maximum absolute atomic E-state index is 5.21. The summed E-state index contributed by atoms with van der Waals surface area (Å²) in [4.78, 5) is 7.24. The van der Waals surface area contributed by atoms with Crippen LogP contribution >= 0.6 is 0 Å². The topological polar surface area (TPSA) is 29.8 Å². The number of imidazole rings is 1. The summed E-state index contributed by atoms with van der Waals surface area (Å²) in [6.45, 7) is 4.60. The van der Waals surface area contributed by atoms with Crippen molar-refractivity contribution in [2.75, 3.05) is 25.1 Å². The Morgan fingerprint density at radius 1 is 1.17 bits per heavy atom. The summed E-state index contributed by atoms with van der Waals surface area (Å²) in [5.41, 5.74) is 4.35. The van der Waals surface area contributed by atoms with Gasteiger partial charge in [-0.05, 0) is 42.7 Å². The van der Waals surface area contributed by atoms with Crippen LogP contribution in [0.15, 0.2) is 48.8 Å². The van der Waals surface area contributed by atoms with E-state index in [0.717, 1.165) is 41.7 Å². The molecule has 4 rings (SSSR count). The summed E-state index contributed by atoms with van der Waals surface area (Å²) in [7, 11) is 1.68. The predicted molar refractivity (Wildman–Crippen MR) is 93.2 cm³/mol. The number of nitrogens with zero attached hydrogens (tertiary/aromatic N) is 3. The van der Waals surface area contributed by atoms with Crippen molar-refractivity contribution in [3.05, 3.63) is 48.8 Å². The number of pyridine rings is 1. The zero-order valence-corrected chi connectivity index (χ0v) is 13.6. The monoisotopic (exact) mass is 307 g/mol. The van der Waals surface area contributed by atoms with Crippen LogP contribution in [-0.2, 0) is 0 Å². The average molecular weight is 307 g/mol. The lowest BCUT2D eigenvalue weighted by Gasteiger charge is -2.17. The lowest BCUT2D eigenvalue weighted by Crippen LogP contribution is -2.18. The lowest BCUT2D eigenvalue weighted by atomic mass is 10.2. The Morgan fingerprint density at radius 2 is 2.00 bits per heavy atom. The zero-order chi connectivity index (χ0) is 15.8. The molecule has 3 aromatic rings. The third kappa shape index (κ3) is 2.65. The molecule has 1 fully saturated rings. The van der Waals surface area contributed by atoms with E-state index in [2.05, 4.69) is 40.8 Å². The van der Waals surface area contributed by atoms with Crippen LogP contribution in [0.4, 0.5) is 5.69 Å². The first-order chi connectivity index (χ1) is 11.2.